The molecule has 2 aromatic heterocycles. The fourth-order valence-corrected chi connectivity index (χ4v) is 3.20. The van der Waals surface area contributed by atoms with Crippen molar-refractivity contribution < 1.29 is 4.79 Å². The van der Waals surface area contributed by atoms with E-state index in [0.29, 0.717) is 23.7 Å². The summed E-state index contributed by atoms with van der Waals surface area (Å²) in [5, 5.41) is 7.00. The maximum Gasteiger partial charge on any atom is 0.229 e. The Labute approximate surface area is 145 Å². The number of benzene rings is 1. The highest BCUT2D eigenvalue weighted by molar-refractivity contribution is 6.00. The molecular formula is C18H20N6O. The van der Waals surface area contributed by atoms with Crippen molar-refractivity contribution in [2.75, 3.05) is 24.1 Å². The maximum absolute atomic E-state index is 12.5. The molecule has 0 bridgehead atoms. The molecule has 3 aromatic rings. The minimum Gasteiger partial charge on any atom is -0.399 e. The zero-order valence-electron chi connectivity index (χ0n) is 13.7. The molecule has 1 aliphatic rings. The second kappa shape index (κ2) is 6.52. The van der Waals surface area contributed by atoms with Crippen molar-refractivity contribution in [1.29, 1.82) is 0 Å². The van der Waals surface area contributed by atoms with Crippen molar-refractivity contribution in [3.05, 3.63) is 36.7 Å². The lowest BCUT2D eigenvalue weighted by Gasteiger charge is -2.21. The number of amides is 1. The van der Waals surface area contributed by atoms with Crippen LogP contribution in [0.1, 0.15) is 12.8 Å². The number of piperidine rings is 1. The number of hydrogen-bond acceptors (Lipinski definition) is 5. The van der Waals surface area contributed by atoms with E-state index in [4.69, 9.17) is 5.73 Å². The minimum atomic E-state index is -0.0221. The standard InChI is InChI=1S/C18H20N6O/c19-13-5-1-3-11(7-13)15-8-14-16(23-15)21-10-22-17(14)24-18(25)12-4-2-6-20-9-12/h1,3,5,7-8,10,12,20H,2,4,6,9,19H2,(H2,21,22,23,24,25). The van der Waals surface area contributed by atoms with Gasteiger partial charge in [-0.05, 0) is 37.6 Å². The molecule has 7 nitrogen and oxygen atoms in total. The van der Waals surface area contributed by atoms with Gasteiger partial charge in [0.2, 0.25) is 5.91 Å². The quantitative estimate of drug-likeness (QED) is 0.548. The predicted molar refractivity (Wildman–Crippen MR) is 98.0 cm³/mol. The van der Waals surface area contributed by atoms with E-state index in [0.717, 1.165) is 36.0 Å². The number of nitrogens with one attached hydrogen (secondary N) is 3. The summed E-state index contributed by atoms with van der Waals surface area (Å²) >= 11 is 0. The van der Waals surface area contributed by atoms with E-state index in [1.54, 1.807) is 0 Å². The molecule has 128 valence electrons. The smallest absolute Gasteiger partial charge is 0.229 e. The van der Waals surface area contributed by atoms with Crippen LogP contribution in [-0.4, -0.2) is 33.9 Å². The van der Waals surface area contributed by atoms with E-state index in [1.807, 2.05) is 30.3 Å². The summed E-state index contributed by atoms with van der Waals surface area (Å²) in [5.74, 6) is 0.511. The second-order valence-corrected chi connectivity index (χ2v) is 6.33. The van der Waals surface area contributed by atoms with Crippen LogP contribution < -0.4 is 16.4 Å². The van der Waals surface area contributed by atoms with Gasteiger partial charge in [-0.3, -0.25) is 4.79 Å². The molecule has 0 spiro atoms. The topological polar surface area (TPSA) is 109 Å². The highest BCUT2D eigenvalue weighted by Gasteiger charge is 2.22. The van der Waals surface area contributed by atoms with Crippen LogP contribution in [0.5, 0.6) is 0 Å². The predicted octanol–water partition coefficient (Wildman–Crippen LogP) is 2.15. The molecule has 4 rings (SSSR count). The number of aromatic amines is 1. The number of rotatable bonds is 3. The molecule has 1 aliphatic heterocycles. The third kappa shape index (κ3) is 3.18. The van der Waals surface area contributed by atoms with Gasteiger partial charge >= 0.3 is 0 Å². The lowest BCUT2D eigenvalue weighted by Crippen LogP contribution is -2.37. The summed E-state index contributed by atoms with van der Waals surface area (Å²) in [6.45, 7) is 1.69. The Kier molecular flexibility index (Phi) is 4.07. The van der Waals surface area contributed by atoms with E-state index in [2.05, 4.69) is 25.6 Å². The summed E-state index contributed by atoms with van der Waals surface area (Å²) in [6.07, 6.45) is 3.37. The molecule has 1 saturated heterocycles. The molecule has 1 aromatic carbocycles. The number of hydrogen-bond donors (Lipinski definition) is 4. The number of fused-ring (bicyclic) bond motifs is 1. The molecule has 25 heavy (non-hydrogen) atoms. The van der Waals surface area contributed by atoms with Crippen LogP contribution in [0.3, 0.4) is 0 Å². The van der Waals surface area contributed by atoms with Gasteiger partial charge in [-0.15, -0.1) is 0 Å². The zero-order valence-corrected chi connectivity index (χ0v) is 13.7. The highest BCUT2D eigenvalue weighted by atomic mass is 16.2. The van der Waals surface area contributed by atoms with Gasteiger partial charge < -0.3 is 21.4 Å². The lowest BCUT2D eigenvalue weighted by atomic mass is 9.99. The molecule has 0 aliphatic carbocycles. The van der Waals surface area contributed by atoms with Crippen molar-refractivity contribution in [1.82, 2.24) is 20.3 Å². The van der Waals surface area contributed by atoms with Crippen molar-refractivity contribution in [2.45, 2.75) is 12.8 Å². The first-order chi connectivity index (χ1) is 12.2. The van der Waals surface area contributed by atoms with Gasteiger partial charge in [0.05, 0.1) is 11.3 Å². The fourth-order valence-electron chi connectivity index (χ4n) is 3.20. The molecule has 7 heteroatoms. The normalized spacial score (nSPS) is 17.5. The van der Waals surface area contributed by atoms with Gasteiger partial charge in [-0.2, -0.15) is 0 Å². The molecule has 0 radical (unpaired) electrons. The first-order valence-electron chi connectivity index (χ1n) is 8.42. The summed E-state index contributed by atoms with van der Waals surface area (Å²) in [6, 6.07) is 9.56. The molecule has 0 saturated carbocycles. The van der Waals surface area contributed by atoms with Gasteiger partial charge in [0.25, 0.3) is 0 Å². The number of nitrogens with zero attached hydrogens (tertiary/aromatic N) is 2. The first kappa shape index (κ1) is 15.6. The second-order valence-electron chi connectivity index (χ2n) is 6.33. The van der Waals surface area contributed by atoms with Crippen molar-refractivity contribution in [3.63, 3.8) is 0 Å². The van der Waals surface area contributed by atoms with Gasteiger partial charge in [0.15, 0.2) is 0 Å². The molecule has 1 fully saturated rings. The third-order valence-corrected chi connectivity index (χ3v) is 4.53. The Bertz CT molecular complexity index is 913. The summed E-state index contributed by atoms with van der Waals surface area (Å²) < 4.78 is 0. The van der Waals surface area contributed by atoms with Gasteiger partial charge in [-0.25, -0.2) is 9.97 Å². The van der Waals surface area contributed by atoms with Gasteiger partial charge in [0.1, 0.15) is 17.8 Å². The number of nitrogens with two attached hydrogens (primary N) is 1. The number of anilines is 2. The highest BCUT2D eigenvalue weighted by Crippen LogP contribution is 2.28. The number of H-pyrrole nitrogens is 1. The van der Waals surface area contributed by atoms with E-state index < -0.39 is 0 Å². The Balaban J connectivity index is 1.64. The first-order valence-corrected chi connectivity index (χ1v) is 8.42. The largest absolute Gasteiger partial charge is 0.399 e. The number of nitrogen functional groups attached to an aromatic ring is 1. The van der Waals surface area contributed by atoms with Crippen molar-refractivity contribution in [2.24, 2.45) is 5.92 Å². The van der Waals surface area contributed by atoms with E-state index in [-0.39, 0.29) is 11.8 Å². The summed E-state index contributed by atoms with van der Waals surface area (Å²) in [5.41, 5.74) is 9.09. The van der Waals surface area contributed by atoms with Crippen LogP contribution in [-0.2, 0) is 4.79 Å². The Morgan fingerprint density at radius 1 is 1.28 bits per heavy atom. The fraction of sp³-hybridized carbons (Fsp3) is 0.278. The molecular weight excluding hydrogens is 316 g/mol. The van der Waals surface area contributed by atoms with Crippen LogP contribution in [0, 0.1) is 5.92 Å². The summed E-state index contributed by atoms with van der Waals surface area (Å²) in [4.78, 5) is 24.3. The van der Waals surface area contributed by atoms with Gasteiger partial charge in [-0.1, -0.05) is 12.1 Å². The number of aromatic nitrogens is 3. The number of carbonyl (C=O) groups excluding carboxylic acids is 1. The molecule has 1 amide bonds. The Morgan fingerprint density at radius 2 is 2.20 bits per heavy atom. The van der Waals surface area contributed by atoms with Crippen LogP contribution in [0.2, 0.25) is 0 Å². The molecule has 5 N–H and O–H groups in total. The van der Waals surface area contributed by atoms with E-state index in [9.17, 15) is 4.79 Å². The Morgan fingerprint density at radius 3 is 3.00 bits per heavy atom. The molecule has 3 heterocycles. The van der Waals surface area contributed by atoms with E-state index >= 15 is 0 Å². The van der Waals surface area contributed by atoms with Crippen LogP contribution in [0.4, 0.5) is 11.5 Å². The summed E-state index contributed by atoms with van der Waals surface area (Å²) in [7, 11) is 0. The third-order valence-electron chi connectivity index (χ3n) is 4.53. The van der Waals surface area contributed by atoms with Crippen LogP contribution in [0.15, 0.2) is 36.7 Å². The SMILES string of the molecule is Nc1cccc(-c2cc3c(NC(=O)C4CCCNC4)ncnc3[nH]2)c1. The van der Waals surface area contributed by atoms with Gasteiger partial charge in [0, 0.05) is 23.5 Å². The lowest BCUT2D eigenvalue weighted by molar-refractivity contribution is -0.120. The maximum atomic E-state index is 12.5. The molecule has 1 atom stereocenters. The molecule has 1 unspecified atom stereocenters. The monoisotopic (exact) mass is 336 g/mol. The number of carbonyl (C=O) groups is 1. The Hall–Kier alpha value is -2.93. The van der Waals surface area contributed by atoms with Crippen molar-refractivity contribution >= 4 is 28.4 Å². The van der Waals surface area contributed by atoms with Crippen LogP contribution in [0.25, 0.3) is 22.3 Å². The van der Waals surface area contributed by atoms with Crippen molar-refractivity contribution in [3.8, 4) is 11.3 Å². The zero-order chi connectivity index (χ0) is 17.2. The minimum absolute atomic E-state index is 0.00101. The average Bonchev–Trinajstić information content (AvgIpc) is 3.08. The van der Waals surface area contributed by atoms with E-state index in [1.165, 1.54) is 6.33 Å². The van der Waals surface area contributed by atoms with Crippen LogP contribution >= 0.6 is 0 Å². The average molecular weight is 336 g/mol.